The standard InChI is InChI=1S/C18H26BrFN2O2/c1-13-12-21(8-7-14-11-15(19)5-6-16(14)20)9-10-22(13)17(23)24-18(2,3)4/h5-6,11,13H,7-10,12H2,1-4H3/t13-/m1/s1. The monoisotopic (exact) mass is 400 g/mol. The van der Waals surface area contributed by atoms with Crippen molar-refractivity contribution < 1.29 is 13.9 Å². The molecule has 0 saturated carbocycles. The Morgan fingerprint density at radius 1 is 1.38 bits per heavy atom. The van der Waals surface area contributed by atoms with Crippen LogP contribution in [0.15, 0.2) is 22.7 Å². The van der Waals surface area contributed by atoms with Gasteiger partial charge in [-0.15, -0.1) is 0 Å². The van der Waals surface area contributed by atoms with E-state index in [4.69, 9.17) is 4.74 Å². The van der Waals surface area contributed by atoms with E-state index in [1.807, 2.05) is 33.8 Å². The molecule has 1 aromatic rings. The molecule has 6 heteroatoms. The number of benzene rings is 1. The van der Waals surface area contributed by atoms with Crippen molar-refractivity contribution in [3.8, 4) is 0 Å². The number of hydrogen-bond donors (Lipinski definition) is 0. The van der Waals surface area contributed by atoms with E-state index in [2.05, 4.69) is 20.8 Å². The molecule has 24 heavy (non-hydrogen) atoms. The highest BCUT2D eigenvalue weighted by atomic mass is 79.9. The Hall–Kier alpha value is -1.14. The van der Waals surface area contributed by atoms with Crippen molar-refractivity contribution in [1.82, 2.24) is 9.80 Å². The zero-order valence-corrected chi connectivity index (χ0v) is 16.4. The molecule has 1 heterocycles. The molecule has 2 rings (SSSR count). The quantitative estimate of drug-likeness (QED) is 0.766. The van der Waals surface area contributed by atoms with Gasteiger partial charge < -0.3 is 9.64 Å². The number of carbonyl (C=O) groups is 1. The Bertz CT molecular complexity index is 589. The number of nitrogens with zero attached hydrogens (tertiary/aromatic N) is 2. The Balaban J connectivity index is 1.87. The molecule has 1 aliphatic heterocycles. The summed E-state index contributed by atoms with van der Waals surface area (Å²) in [6.07, 6.45) is 0.400. The maximum absolute atomic E-state index is 13.8. The summed E-state index contributed by atoms with van der Waals surface area (Å²) in [7, 11) is 0. The van der Waals surface area contributed by atoms with E-state index < -0.39 is 5.60 Å². The first kappa shape index (κ1) is 19.2. The average molecular weight is 401 g/mol. The molecule has 0 radical (unpaired) electrons. The molecule has 0 N–H and O–H groups in total. The van der Waals surface area contributed by atoms with E-state index in [0.717, 1.165) is 24.1 Å². The van der Waals surface area contributed by atoms with Crippen LogP contribution in [-0.2, 0) is 11.2 Å². The summed E-state index contributed by atoms with van der Waals surface area (Å²) in [4.78, 5) is 16.3. The first-order chi connectivity index (χ1) is 11.2. The van der Waals surface area contributed by atoms with Gasteiger partial charge in [-0.25, -0.2) is 9.18 Å². The smallest absolute Gasteiger partial charge is 0.410 e. The fourth-order valence-electron chi connectivity index (χ4n) is 2.84. The van der Waals surface area contributed by atoms with Crippen molar-refractivity contribution in [2.75, 3.05) is 26.2 Å². The van der Waals surface area contributed by atoms with E-state index >= 15 is 0 Å². The van der Waals surface area contributed by atoms with Crippen LogP contribution in [0.2, 0.25) is 0 Å². The molecule has 1 fully saturated rings. The molecule has 1 amide bonds. The van der Waals surface area contributed by atoms with Crippen molar-refractivity contribution in [3.63, 3.8) is 0 Å². The van der Waals surface area contributed by atoms with Crippen LogP contribution in [-0.4, -0.2) is 53.7 Å². The van der Waals surface area contributed by atoms with Crippen LogP contribution in [0.4, 0.5) is 9.18 Å². The second-order valence-electron chi connectivity index (χ2n) is 7.31. The van der Waals surface area contributed by atoms with Gasteiger partial charge in [0.25, 0.3) is 0 Å². The fraction of sp³-hybridized carbons (Fsp3) is 0.611. The van der Waals surface area contributed by atoms with Crippen molar-refractivity contribution >= 4 is 22.0 Å². The Kier molecular flexibility index (Phi) is 6.26. The van der Waals surface area contributed by atoms with Crippen LogP contribution in [0, 0.1) is 5.82 Å². The molecule has 0 aromatic heterocycles. The predicted octanol–water partition coefficient (Wildman–Crippen LogP) is 4.07. The normalized spacial score (nSPS) is 19.4. The number of hydrogen-bond acceptors (Lipinski definition) is 3. The summed E-state index contributed by atoms with van der Waals surface area (Å²) >= 11 is 3.38. The molecule has 0 spiro atoms. The summed E-state index contributed by atoms with van der Waals surface area (Å²) in [6.45, 7) is 10.6. The average Bonchev–Trinajstić information content (AvgIpc) is 2.46. The molecular weight excluding hydrogens is 375 g/mol. The van der Waals surface area contributed by atoms with Gasteiger partial charge in [0.1, 0.15) is 11.4 Å². The second kappa shape index (κ2) is 7.83. The van der Waals surface area contributed by atoms with E-state index in [9.17, 15) is 9.18 Å². The lowest BCUT2D eigenvalue weighted by molar-refractivity contribution is 0.00161. The van der Waals surface area contributed by atoms with Gasteiger partial charge in [-0.3, -0.25) is 4.90 Å². The third-order valence-electron chi connectivity index (χ3n) is 4.04. The summed E-state index contributed by atoms with van der Waals surface area (Å²) in [5.74, 6) is -0.168. The first-order valence-electron chi connectivity index (χ1n) is 8.31. The zero-order chi connectivity index (χ0) is 17.9. The van der Waals surface area contributed by atoms with Crippen LogP contribution in [0.1, 0.15) is 33.3 Å². The van der Waals surface area contributed by atoms with Gasteiger partial charge in [0, 0.05) is 36.7 Å². The van der Waals surface area contributed by atoms with Gasteiger partial charge in [0.2, 0.25) is 0 Å². The van der Waals surface area contributed by atoms with Crippen molar-refractivity contribution in [3.05, 3.63) is 34.1 Å². The first-order valence-corrected chi connectivity index (χ1v) is 9.11. The second-order valence-corrected chi connectivity index (χ2v) is 8.22. The number of amides is 1. The lowest BCUT2D eigenvalue weighted by atomic mass is 10.1. The van der Waals surface area contributed by atoms with Gasteiger partial charge >= 0.3 is 6.09 Å². The molecule has 1 aromatic carbocycles. The van der Waals surface area contributed by atoms with Crippen LogP contribution in [0.5, 0.6) is 0 Å². The fourth-order valence-corrected chi connectivity index (χ4v) is 3.25. The molecule has 4 nitrogen and oxygen atoms in total. The minimum absolute atomic E-state index is 0.0842. The number of piperazine rings is 1. The third-order valence-corrected chi connectivity index (χ3v) is 4.54. The predicted molar refractivity (Wildman–Crippen MR) is 96.6 cm³/mol. The molecule has 0 aliphatic carbocycles. The largest absolute Gasteiger partial charge is 0.444 e. The van der Waals surface area contributed by atoms with Crippen LogP contribution >= 0.6 is 15.9 Å². The van der Waals surface area contributed by atoms with Crippen molar-refractivity contribution in [2.24, 2.45) is 0 Å². The molecule has 1 aliphatic rings. The number of rotatable bonds is 3. The van der Waals surface area contributed by atoms with Crippen LogP contribution in [0.3, 0.4) is 0 Å². The van der Waals surface area contributed by atoms with E-state index in [1.54, 1.807) is 11.0 Å². The summed E-state index contributed by atoms with van der Waals surface area (Å²) in [5, 5.41) is 0. The summed E-state index contributed by atoms with van der Waals surface area (Å²) < 4.78 is 20.2. The zero-order valence-electron chi connectivity index (χ0n) is 14.8. The van der Waals surface area contributed by atoms with Crippen molar-refractivity contribution in [2.45, 2.75) is 45.8 Å². The number of halogens is 2. The lowest BCUT2D eigenvalue weighted by Crippen LogP contribution is -2.55. The SMILES string of the molecule is C[C@@H]1CN(CCc2cc(Br)ccc2F)CCN1C(=O)OC(C)(C)C. The highest BCUT2D eigenvalue weighted by Gasteiger charge is 2.30. The number of carbonyl (C=O) groups excluding carboxylic acids is 1. The summed E-state index contributed by atoms with van der Waals surface area (Å²) in [5.41, 5.74) is 0.234. The molecular formula is C18H26BrFN2O2. The van der Waals surface area contributed by atoms with Crippen LogP contribution < -0.4 is 0 Å². The minimum atomic E-state index is -0.480. The maximum atomic E-state index is 13.8. The van der Waals surface area contributed by atoms with Gasteiger partial charge in [0.15, 0.2) is 0 Å². The van der Waals surface area contributed by atoms with Gasteiger partial charge in [-0.1, -0.05) is 15.9 Å². The molecule has 1 saturated heterocycles. The van der Waals surface area contributed by atoms with E-state index in [0.29, 0.717) is 18.5 Å². The van der Waals surface area contributed by atoms with Gasteiger partial charge in [-0.2, -0.15) is 0 Å². The molecule has 134 valence electrons. The Morgan fingerprint density at radius 2 is 2.08 bits per heavy atom. The molecule has 0 unspecified atom stereocenters. The van der Waals surface area contributed by atoms with E-state index in [1.165, 1.54) is 6.07 Å². The lowest BCUT2D eigenvalue weighted by Gasteiger charge is -2.40. The van der Waals surface area contributed by atoms with Gasteiger partial charge in [0.05, 0.1) is 0 Å². The maximum Gasteiger partial charge on any atom is 0.410 e. The third kappa shape index (κ3) is 5.45. The minimum Gasteiger partial charge on any atom is -0.444 e. The molecule has 1 atom stereocenters. The summed E-state index contributed by atoms with van der Waals surface area (Å²) in [6, 6.07) is 5.11. The highest BCUT2D eigenvalue weighted by Crippen LogP contribution is 2.18. The highest BCUT2D eigenvalue weighted by molar-refractivity contribution is 9.10. The van der Waals surface area contributed by atoms with Crippen LogP contribution in [0.25, 0.3) is 0 Å². The number of ether oxygens (including phenoxy) is 1. The van der Waals surface area contributed by atoms with Crippen molar-refractivity contribution in [1.29, 1.82) is 0 Å². The molecule has 0 bridgehead atoms. The topological polar surface area (TPSA) is 32.8 Å². The van der Waals surface area contributed by atoms with Gasteiger partial charge in [-0.05, 0) is 57.9 Å². The Morgan fingerprint density at radius 3 is 2.71 bits per heavy atom. The Labute approximate surface area is 152 Å². The van der Waals surface area contributed by atoms with E-state index in [-0.39, 0.29) is 18.0 Å².